The van der Waals surface area contributed by atoms with Gasteiger partial charge in [0, 0.05) is 29.6 Å². The number of aromatic nitrogens is 3. The molecule has 0 spiro atoms. The molecule has 25 heavy (non-hydrogen) atoms. The van der Waals surface area contributed by atoms with Gasteiger partial charge in [-0.1, -0.05) is 0 Å². The Kier molecular flexibility index (Phi) is 3.82. The predicted octanol–water partition coefficient (Wildman–Crippen LogP) is 4.51. The van der Waals surface area contributed by atoms with Crippen LogP contribution in [0.1, 0.15) is 0 Å². The van der Waals surface area contributed by atoms with Crippen molar-refractivity contribution in [1.29, 1.82) is 0 Å². The maximum absolute atomic E-state index is 13.3. The van der Waals surface area contributed by atoms with Gasteiger partial charge >= 0.3 is 0 Å². The Morgan fingerprint density at radius 1 is 0.760 bits per heavy atom. The molecule has 2 aromatic carbocycles. The highest BCUT2D eigenvalue weighted by molar-refractivity contribution is 5.86. The number of fused-ring (bicyclic) bond motifs is 1. The summed E-state index contributed by atoms with van der Waals surface area (Å²) in [5.41, 5.74) is 4.60. The van der Waals surface area contributed by atoms with Gasteiger partial charge in [0.2, 0.25) is 0 Å². The topological polar surface area (TPSA) is 47.9 Å². The smallest absolute Gasteiger partial charge is 0.123 e. The van der Waals surface area contributed by atoms with Crippen molar-refractivity contribution in [2.75, 3.05) is 7.11 Å². The normalized spacial score (nSPS) is 10.8. The van der Waals surface area contributed by atoms with Crippen LogP contribution in [-0.2, 0) is 0 Å². The molecular weight excluding hydrogens is 317 g/mol. The molecule has 0 amide bonds. The minimum absolute atomic E-state index is 0.287. The van der Waals surface area contributed by atoms with Gasteiger partial charge in [0.1, 0.15) is 11.6 Å². The number of nitrogens with zero attached hydrogens (tertiary/aromatic N) is 3. The predicted molar refractivity (Wildman–Crippen MR) is 94.7 cm³/mol. The van der Waals surface area contributed by atoms with Gasteiger partial charge < -0.3 is 4.74 Å². The highest BCUT2D eigenvalue weighted by atomic mass is 19.1. The van der Waals surface area contributed by atoms with Crippen LogP contribution >= 0.6 is 0 Å². The fourth-order valence-electron chi connectivity index (χ4n) is 2.68. The molecule has 5 heteroatoms. The van der Waals surface area contributed by atoms with Crippen molar-refractivity contribution in [3.05, 3.63) is 72.8 Å². The molecule has 0 fully saturated rings. The van der Waals surface area contributed by atoms with Gasteiger partial charge in [0.15, 0.2) is 0 Å². The molecule has 0 saturated heterocycles. The van der Waals surface area contributed by atoms with Crippen LogP contribution < -0.4 is 4.74 Å². The van der Waals surface area contributed by atoms with E-state index in [1.165, 1.54) is 12.1 Å². The van der Waals surface area contributed by atoms with Crippen LogP contribution in [0.2, 0.25) is 0 Å². The quantitative estimate of drug-likeness (QED) is 0.554. The summed E-state index contributed by atoms with van der Waals surface area (Å²) in [6, 6.07) is 15.6. The summed E-state index contributed by atoms with van der Waals surface area (Å²) in [4.78, 5) is 13.6. The largest absolute Gasteiger partial charge is 0.497 e. The first-order valence-electron chi connectivity index (χ1n) is 7.77. The number of hydrogen-bond donors (Lipinski definition) is 0. The van der Waals surface area contributed by atoms with E-state index in [0.717, 1.165) is 27.9 Å². The standard InChI is InChI=1S/C20H14FN3O/c1-25-16-6-7-17-18(12-16)24-19(13-2-4-15(21)5-3-13)20(23-17)14-8-10-22-11-9-14/h2-12H,1H3. The lowest BCUT2D eigenvalue weighted by molar-refractivity contribution is 0.415. The Hall–Kier alpha value is -3.34. The van der Waals surface area contributed by atoms with Gasteiger partial charge in [-0.2, -0.15) is 0 Å². The van der Waals surface area contributed by atoms with Crippen molar-refractivity contribution >= 4 is 11.0 Å². The second-order valence-corrected chi connectivity index (χ2v) is 5.52. The molecule has 4 aromatic rings. The summed E-state index contributed by atoms with van der Waals surface area (Å²) in [5.74, 6) is 0.424. The van der Waals surface area contributed by atoms with E-state index in [0.29, 0.717) is 11.4 Å². The first kappa shape index (κ1) is 15.2. The molecule has 0 bridgehead atoms. The molecule has 0 N–H and O–H groups in total. The third-order valence-corrected chi connectivity index (χ3v) is 3.94. The zero-order chi connectivity index (χ0) is 17.2. The van der Waals surface area contributed by atoms with Crippen LogP contribution in [0.25, 0.3) is 33.5 Å². The van der Waals surface area contributed by atoms with E-state index in [2.05, 4.69) is 4.98 Å². The van der Waals surface area contributed by atoms with E-state index in [1.54, 1.807) is 31.6 Å². The third-order valence-electron chi connectivity index (χ3n) is 3.94. The van der Waals surface area contributed by atoms with Crippen LogP contribution in [0.3, 0.4) is 0 Å². The molecule has 0 atom stereocenters. The van der Waals surface area contributed by atoms with Crippen LogP contribution in [0.5, 0.6) is 5.75 Å². The van der Waals surface area contributed by atoms with Gasteiger partial charge in [-0.05, 0) is 48.5 Å². The first-order valence-corrected chi connectivity index (χ1v) is 7.77. The average molecular weight is 331 g/mol. The van der Waals surface area contributed by atoms with Crippen molar-refractivity contribution in [3.8, 4) is 28.3 Å². The van der Waals surface area contributed by atoms with E-state index < -0.39 is 0 Å². The monoisotopic (exact) mass is 331 g/mol. The summed E-state index contributed by atoms with van der Waals surface area (Å²) >= 11 is 0. The minimum atomic E-state index is -0.287. The zero-order valence-electron chi connectivity index (χ0n) is 13.5. The lowest BCUT2D eigenvalue weighted by Crippen LogP contribution is -1.96. The van der Waals surface area contributed by atoms with Crippen molar-refractivity contribution in [2.24, 2.45) is 0 Å². The Bertz CT molecular complexity index is 1030. The first-order chi connectivity index (χ1) is 12.2. The van der Waals surface area contributed by atoms with Crippen molar-refractivity contribution in [2.45, 2.75) is 0 Å². The van der Waals surface area contributed by atoms with Crippen LogP contribution in [0.4, 0.5) is 4.39 Å². The molecule has 0 aliphatic heterocycles. The molecule has 122 valence electrons. The molecule has 0 unspecified atom stereocenters. The SMILES string of the molecule is COc1ccc2nc(-c3ccncc3)c(-c3ccc(F)cc3)nc2c1. The van der Waals surface area contributed by atoms with Crippen molar-refractivity contribution in [1.82, 2.24) is 15.0 Å². The highest BCUT2D eigenvalue weighted by Gasteiger charge is 2.13. The number of benzene rings is 2. The summed E-state index contributed by atoms with van der Waals surface area (Å²) in [6.07, 6.45) is 3.42. The van der Waals surface area contributed by atoms with E-state index in [9.17, 15) is 4.39 Å². The number of ether oxygens (including phenoxy) is 1. The molecular formula is C20H14FN3O. The van der Waals surface area contributed by atoms with Gasteiger partial charge in [0.05, 0.1) is 29.5 Å². The Morgan fingerprint density at radius 3 is 2.08 bits per heavy atom. The summed E-state index contributed by atoms with van der Waals surface area (Å²) in [5, 5.41) is 0. The number of hydrogen-bond acceptors (Lipinski definition) is 4. The van der Waals surface area contributed by atoms with Crippen molar-refractivity contribution < 1.29 is 9.13 Å². The maximum Gasteiger partial charge on any atom is 0.123 e. The Labute approximate surface area is 144 Å². The van der Waals surface area contributed by atoms with Crippen molar-refractivity contribution in [3.63, 3.8) is 0 Å². The summed E-state index contributed by atoms with van der Waals surface area (Å²) in [6.45, 7) is 0. The average Bonchev–Trinajstić information content (AvgIpc) is 2.68. The fourth-order valence-corrected chi connectivity index (χ4v) is 2.68. The van der Waals surface area contributed by atoms with Crippen LogP contribution in [-0.4, -0.2) is 22.1 Å². The van der Waals surface area contributed by atoms with Gasteiger partial charge in [-0.3, -0.25) is 4.98 Å². The molecule has 0 aliphatic carbocycles. The third kappa shape index (κ3) is 2.92. The molecule has 0 radical (unpaired) electrons. The number of rotatable bonds is 3. The van der Waals surface area contributed by atoms with E-state index >= 15 is 0 Å². The molecule has 4 nitrogen and oxygen atoms in total. The van der Waals surface area contributed by atoms with Gasteiger partial charge in [-0.25, -0.2) is 14.4 Å². The van der Waals surface area contributed by atoms with E-state index in [1.807, 2.05) is 30.3 Å². The Morgan fingerprint density at radius 2 is 1.40 bits per heavy atom. The van der Waals surface area contributed by atoms with Crippen LogP contribution in [0, 0.1) is 5.82 Å². The molecule has 0 aliphatic rings. The van der Waals surface area contributed by atoms with E-state index in [4.69, 9.17) is 14.7 Å². The van der Waals surface area contributed by atoms with Gasteiger partial charge in [-0.15, -0.1) is 0 Å². The second kappa shape index (κ2) is 6.28. The zero-order valence-corrected chi connectivity index (χ0v) is 13.5. The lowest BCUT2D eigenvalue weighted by Gasteiger charge is -2.11. The number of methoxy groups -OCH3 is 1. The van der Waals surface area contributed by atoms with E-state index in [-0.39, 0.29) is 5.82 Å². The maximum atomic E-state index is 13.3. The second-order valence-electron chi connectivity index (χ2n) is 5.52. The summed E-state index contributed by atoms with van der Waals surface area (Å²) < 4.78 is 18.6. The number of pyridine rings is 1. The fraction of sp³-hybridized carbons (Fsp3) is 0.0500. The van der Waals surface area contributed by atoms with Gasteiger partial charge in [0.25, 0.3) is 0 Å². The summed E-state index contributed by atoms with van der Waals surface area (Å²) in [7, 11) is 1.61. The molecule has 2 aromatic heterocycles. The highest BCUT2D eigenvalue weighted by Crippen LogP contribution is 2.31. The molecule has 2 heterocycles. The minimum Gasteiger partial charge on any atom is -0.497 e. The Balaban J connectivity index is 2.00. The lowest BCUT2D eigenvalue weighted by atomic mass is 10.0. The molecule has 0 saturated carbocycles. The molecule has 4 rings (SSSR count). The number of halogens is 1. The van der Waals surface area contributed by atoms with Crippen LogP contribution in [0.15, 0.2) is 67.0 Å².